The minimum Gasteiger partial charge on any atom is -0.493 e. The van der Waals surface area contributed by atoms with Crippen LogP contribution in [0.15, 0.2) is 48.5 Å². The maximum Gasteiger partial charge on any atom is 0.573 e. The van der Waals surface area contributed by atoms with Crippen molar-refractivity contribution in [1.29, 1.82) is 0 Å². The molecule has 0 saturated carbocycles. The van der Waals surface area contributed by atoms with Gasteiger partial charge in [-0.25, -0.2) is 0 Å². The van der Waals surface area contributed by atoms with Crippen molar-refractivity contribution in [2.24, 2.45) is 5.41 Å². The quantitative estimate of drug-likeness (QED) is 0.437. The Bertz CT molecular complexity index is 1060. The summed E-state index contributed by atoms with van der Waals surface area (Å²) in [5.74, 6) is 0.124. The van der Waals surface area contributed by atoms with Gasteiger partial charge >= 0.3 is 6.36 Å². The van der Waals surface area contributed by atoms with Crippen molar-refractivity contribution >= 4 is 23.4 Å². The largest absolute Gasteiger partial charge is 0.573 e. The molecule has 200 valence electrons. The third-order valence-corrected chi connectivity index (χ3v) is 7.29. The lowest BCUT2D eigenvalue weighted by molar-refractivity contribution is -0.274. The van der Waals surface area contributed by atoms with E-state index in [1.165, 1.54) is 12.1 Å². The first-order valence-electron chi connectivity index (χ1n) is 12.4. The smallest absolute Gasteiger partial charge is 0.493 e. The van der Waals surface area contributed by atoms with E-state index in [9.17, 15) is 22.8 Å². The SMILES string of the molecule is O=C(CC1(COc2ccc(Cl)cc2)CCN(C(=O)c2ccc(OC(F)(F)F)cc2)CC1)N1CCCCC1. The fourth-order valence-corrected chi connectivity index (χ4v) is 5.01. The van der Waals surface area contributed by atoms with E-state index in [4.69, 9.17) is 16.3 Å². The zero-order chi connectivity index (χ0) is 26.5. The van der Waals surface area contributed by atoms with Crippen LogP contribution < -0.4 is 9.47 Å². The molecule has 0 aliphatic carbocycles. The zero-order valence-corrected chi connectivity index (χ0v) is 21.2. The van der Waals surface area contributed by atoms with Crippen LogP contribution in [0.1, 0.15) is 48.9 Å². The summed E-state index contributed by atoms with van der Waals surface area (Å²) in [6.45, 7) is 2.70. The number of likely N-dealkylation sites (tertiary alicyclic amines) is 2. The van der Waals surface area contributed by atoms with Gasteiger partial charge in [0.25, 0.3) is 5.91 Å². The maximum atomic E-state index is 13.2. The van der Waals surface area contributed by atoms with Gasteiger partial charge in [-0.1, -0.05) is 11.6 Å². The van der Waals surface area contributed by atoms with Crippen LogP contribution in [0.5, 0.6) is 11.5 Å². The minimum absolute atomic E-state index is 0.111. The summed E-state index contributed by atoms with van der Waals surface area (Å²) >= 11 is 5.98. The molecular formula is C27H30ClF3N2O4. The van der Waals surface area contributed by atoms with E-state index >= 15 is 0 Å². The highest BCUT2D eigenvalue weighted by atomic mass is 35.5. The predicted octanol–water partition coefficient (Wildman–Crippen LogP) is 5.94. The fourth-order valence-electron chi connectivity index (χ4n) is 4.88. The molecule has 2 aromatic carbocycles. The zero-order valence-electron chi connectivity index (χ0n) is 20.4. The van der Waals surface area contributed by atoms with E-state index in [2.05, 4.69) is 4.74 Å². The van der Waals surface area contributed by atoms with E-state index in [1.807, 2.05) is 4.90 Å². The summed E-state index contributed by atoms with van der Waals surface area (Å²) in [6.07, 6.45) is -0.158. The third-order valence-electron chi connectivity index (χ3n) is 7.04. The van der Waals surface area contributed by atoms with E-state index in [0.717, 1.165) is 44.5 Å². The highest BCUT2D eigenvalue weighted by molar-refractivity contribution is 6.30. The monoisotopic (exact) mass is 538 g/mol. The first-order chi connectivity index (χ1) is 17.6. The van der Waals surface area contributed by atoms with Crippen molar-refractivity contribution in [2.45, 2.75) is 44.9 Å². The van der Waals surface area contributed by atoms with Crippen molar-refractivity contribution in [3.05, 3.63) is 59.1 Å². The van der Waals surface area contributed by atoms with Crippen molar-refractivity contribution in [3.8, 4) is 11.5 Å². The van der Waals surface area contributed by atoms with Crippen LogP contribution in [-0.4, -0.2) is 60.8 Å². The molecule has 4 rings (SSSR count). The van der Waals surface area contributed by atoms with Gasteiger partial charge in [0.2, 0.25) is 5.91 Å². The average molecular weight is 539 g/mol. The molecule has 2 amide bonds. The van der Waals surface area contributed by atoms with Gasteiger partial charge in [0, 0.05) is 48.6 Å². The summed E-state index contributed by atoms with van der Waals surface area (Å²) in [7, 11) is 0. The predicted molar refractivity (Wildman–Crippen MR) is 133 cm³/mol. The van der Waals surface area contributed by atoms with Crippen LogP contribution in [0.2, 0.25) is 5.02 Å². The van der Waals surface area contributed by atoms with Crippen molar-refractivity contribution in [2.75, 3.05) is 32.8 Å². The molecule has 37 heavy (non-hydrogen) atoms. The Labute approximate surface area is 219 Å². The number of alkyl halides is 3. The second-order valence-electron chi connectivity index (χ2n) is 9.73. The molecule has 2 aliphatic rings. The second kappa shape index (κ2) is 11.6. The Morgan fingerprint density at radius 1 is 0.838 bits per heavy atom. The van der Waals surface area contributed by atoms with Gasteiger partial charge in [-0.3, -0.25) is 9.59 Å². The van der Waals surface area contributed by atoms with Crippen LogP contribution >= 0.6 is 11.6 Å². The van der Waals surface area contributed by atoms with Crippen molar-refractivity contribution in [3.63, 3.8) is 0 Å². The molecule has 2 aromatic rings. The molecule has 0 aromatic heterocycles. The molecule has 0 N–H and O–H groups in total. The summed E-state index contributed by atoms with van der Waals surface area (Å²) in [6, 6.07) is 12.0. The lowest BCUT2D eigenvalue weighted by Crippen LogP contribution is -2.48. The molecular weight excluding hydrogens is 509 g/mol. The Kier molecular flexibility index (Phi) is 8.52. The van der Waals surface area contributed by atoms with Gasteiger partial charge in [0.05, 0.1) is 6.61 Å². The molecule has 2 heterocycles. The van der Waals surface area contributed by atoms with Crippen LogP contribution in [0.25, 0.3) is 0 Å². The molecule has 6 nitrogen and oxygen atoms in total. The van der Waals surface area contributed by atoms with Gasteiger partial charge in [-0.15, -0.1) is 13.2 Å². The number of rotatable bonds is 7. The molecule has 0 spiro atoms. The first-order valence-corrected chi connectivity index (χ1v) is 12.8. The molecule has 0 atom stereocenters. The van der Waals surface area contributed by atoms with Crippen molar-refractivity contribution < 1.29 is 32.2 Å². The molecule has 2 fully saturated rings. The van der Waals surface area contributed by atoms with Crippen molar-refractivity contribution in [1.82, 2.24) is 9.80 Å². The number of piperidine rings is 2. The van der Waals surface area contributed by atoms with Crippen LogP contribution in [0.3, 0.4) is 0 Å². The maximum absolute atomic E-state index is 13.2. The summed E-state index contributed by atoms with van der Waals surface area (Å²) in [5, 5.41) is 0.604. The summed E-state index contributed by atoms with van der Waals surface area (Å²) < 4.78 is 47.2. The van der Waals surface area contributed by atoms with E-state index in [1.54, 1.807) is 29.2 Å². The highest BCUT2D eigenvalue weighted by Gasteiger charge is 2.40. The summed E-state index contributed by atoms with van der Waals surface area (Å²) in [4.78, 5) is 29.8. The third kappa shape index (κ3) is 7.53. The summed E-state index contributed by atoms with van der Waals surface area (Å²) in [5.41, 5.74) is -0.154. The Morgan fingerprint density at radius 3 is 2.03 bits per heavy atom. The number of nitrogens with zero attached hydrogens (tertiary/aromatic N) is 2. The average Bonchev–Trinajstić information content (AvgIpc) is 2.88. The van der Waals surface area contributed by atoms with Gasteiger partial charge in [-0.2, -0.15) is 0 Å². The van der Waals surface area contributed by atoms with E-state index in [-0.39, 0.29) is 23.1 Å². The Morgan fingerprint density at radius 2 is 1.43 bits per heavy atom. The number of hydrogen-bond acceptors (Lipinski definition) is 4. The van der Waals surface area contributed by atoms with Crippen LogP contribution in [0, 0.1) is 5.41 Å². The van der Waals surface area contributed by atoms with Gasteiger partial charge in [0.15, 0.2) is 0 Å². The molecule has 0 radical (unpaired) electrons. The molecule has 2 saturated heterocycles. The number of halogens is 4. The number of benzene rings is 2. The highest BCUT2D eigenvalue weighted by Crippen LogP contribution is 2.37. The number of hydrogen-bond donors (Lipinski definition) is 0. The lowest BCUT2D eigenvalue weighted by Gasteiger charge is -2.42. The Balaban J connectivity index is 1.42. The number of carbonyl (C=O) groups excluding carboxylic acids is 2. The topological polar surface area (TPSA) is 59.1 Å². The van der Waals surface area contributed by atoms with Crippen LogP contribution in [-0.2, 0) is 4.79 Å². The minimum atomic E-state index is -4.79. The van der Waals surface area contributed by atoms with Gasteiger partial charge in [0.1, 0.15) is 11.5 Å². The first kappa shape index (κ1) is 27.1. The number of amides is 2. The number of carbonyl (C=O) groups is 2. The van der Waals surface area contributed by atoms with E-state index < -0.39 is 11.8 Å². The van der Waals surface area contributed by atoms with Gasteiger partial charge in [-0.05, 0) is 80.6 Å². The number of ether oxygens (including phenoxy) is 2. The van der Waals surface area contributed by atoms with E-state index in [0.29, 0.717) is 49.7 Å². The Hall–Kier alpha value is -2.94. The molecule has 0 bridgehead atoms. The molecule has 0 unspecified atom stereocenters. The fraction of sp³-hybridized carbons (Fsp3) is 0.481. The second-order valence-corrected chi connectivity index (χ2v) is 10.2. The molecule has 2 aliphatic heterocycles. The lowest BCUT2D eigenvalue weighted by atomic mass is 9.75. The normalized spacial score (nSPS) is 17.8. The van der Waals surface area contributed by atoms with Gasteiger partial charge < -0.3 is 19.3 Å². The standard InChI is InChI=1S/C27H30ClF3N2O4/c28-21-6-10-22(11-7-21)36-19-26(18-24(34)32-14-2-1-3-15-32)12-16-33(17-13-26)25(35)20-4-8-23(9-5-20)37-27(29,30)31/h4-11H,1-3,12-19H2. The van der Waals surface area contributed by atoms with Crippen LogP contribution in [0.4, 0.5) is 13.2 Å². The molecule has 10 heteroatoms.